The van der Waals surface area contributed by atoms with Crippen molar-refractivity contribution >= 4 is 17.6 Å². The lowest BCUT2D eigenvalue weighted by atomic mass is 10.1. The summed E-state index contributed by atoms with van der Waals surface area (Å²) in [6.07, 6.45) is 0.728. The van der Waals surface area contributed by atoms with Crippen molar-refractivity contribution in [1.29, 1.82) is 0 Å². The van der Waals surface area contributed by atoms with E-state index in [0.717, 1.165) is 18.5 Å². The van der Waals surface area contributed by atoms with E-state index in [1.807, 2.05) is 34.0 Å². The second-order valence-corrected chi connectivity index (χ2v) is 6.00. The van der Waals surface area contributed by atoms with Crippen LogP contribution in [0.1, 0.15) is 36.2 Å². The van der Waals surface area contributed by atoms with Gasteiger partial charge in [0.2, 0.25) is 0 Å². The number of carbonyl (C=O) groups excluding carboxylic acids is 2. The van der Waals surface area contributed by atoms with Gasteiger partial charge < -0.3 is 14.5 Å². The van der Waals surface area contributed by atoms with E-state index < -0.39 is 5.97 Å². The molecule has 1 rings (SSSR count). The van der Waals surface area contributed by atoms with E-state index in [1.54, 1.807) is 12.1 Å². The van der Waals surface area contributed by atoms with Gasteiger partial charge in [-0.3, -0.25) is 4.79 Å². The van der Waals surface area contributed by atoms with Crippen molar-refractivity contribution in [1.82, 2.24) is 0 Å². The zero-order chi connectivity index (χ0) is 16.9. The van der Waals surface area contributed by atoms with E-state index >= 15 is 0 Å². The molecule has 1 unspecified atom stereocenters. The summed E-state index contributed by atoms with van der Waals surface area (Å²) >= 11 is 0. The predicted molar refractivity (Wildman–Crippen MR) is 87.9 cm³/mol. The van der Waals surface area contributed by atoms with Crippen LogP contribution in [-0.4, -0.2) is 50.2 Å². The summed E-state index contributed by atoms with van der Waals surface area (Å²) in [7, 11) is 5.40. The normalized spacial score (nSPS) is 12.6. The number of quaternary nitrogens is 1. The van der Waals surface area contributed by atoms with E-state index in [4.69, 9.17) is 4.74 Å². The van der Waals surface area contributed by atoms with E-state index in [0.29, 0.717) is 15.7 Å². The first-order valence-electron chi connectivity index (χ1n) is 7.59. The van der Waals surface area contributed by atoms with Crippen molar-refractivity contribution in [3.63, 3.8) is 0 Å². The number of anilines is 1. The van der Waals surface area contributed by atoms with Crippen LogP contribution in [0.25, 0.3) is 0 Å². The number of amides is 1. The Morgan fingerprint density at radius 2 is 1.91 bits per heavy atom. The molecule has 1 aromatic carbocycles. The molecule has 0 aliphatic rings. The van der Waals surface area contributed by atoms with Crippen LogP contribution < -0.4 is 5.32 Å². The number of esters is 1. The maximum atomic E-state index is 12.7. The summed E-state index contributed by atoms with van der Waals surface area (Å²) in [5, 5.41) is 2.93. The zero-order valence-corrected chi connectivity index (χ0v) is 14.4. The number of carbonyl (C=O) groups is 2. The number of hydrogen-bond donors (Lipinski definition) is 1. The topological polar surface area (TPSA) is 55.4 Å². The van der Waals surface area contributed by atoms with Crippen LogP contribution in [0.4, 0.5) is 5.69 Å². The summed E-state index contributed by atoms with van der Waals surface area (Å²) < 4.78 is 5.39. The minimum atomic E-state index is -0.448. The molecule has 0 aliphatic heterocycles. The Morgan fingerprint density at radius 3 is 2.41 bits per heavy atom. The second-order valence-electron chi connectivity index (χ2n) is 6.00. The van der Waals surface area contributed by atoms with Crippen LogP contribution >= 0.6 is 0 Å². The molecule has 22 heavy (non-hydrogen) atoms. The zero-order valence-electron chi connectivity index (χ0n) is 14.4. The lowest BCUT2D eigenvalue weighted by Gasteiger charge is -2.35. The molecule has 0 aliphatic carbocycles. The number of methoxy groups -OCH3 is 1. The molecule has 0 spiro atoms. The molecule has 0 saturated carbocycles. The Hall–Kier alpha value is -1.88. The highest BCUT2D eigenvalue weighted by atomic mass is 16.5. The number of rotatable bonds is 6. The van der Waals surface area contributed by atoms with Crippen molar-refractivity contribution in [3.8, 4) is 0 Å². The fraction of sp³-hybridized carbons (Fsp3) is 0.529. The van der Waals surface area contributed by atoms with Crippen molar-refractivity contribution in [2.75, 3.05) is 33.1 Å². The predicted octanol–water partition coefficient (Wildman–Crippen LogP) is 2.60. The Morgan fingerprint density at radius 1 is 1.27 bits per heavy atom. The van der Waals surface area contributed by atoms with Gasteiger partial charge >= 0.3 is 5.97 Å². The summed E-state index contributed by atoms with van der Waals surface area (Å²) in [6.45, 7) is 6.77. The summed E-state index contributed by atoms with van der Waals surface area (Å²) in [6, 6.07) is 5.13. The maximum Gasteiger partial charge on any atom is 0.339 e. The Kier molecular flexibility index (Phi) is 6.11. The van der Waals surface area contributed by atoms with Gasteiger partial charge in [0, 0.05) is 6.42 Å². The van der Waals surface area contributed by atoms with Gasteiger partial charge in [0.25, 0.3) is 5.91 Å². The molecule has 0 aromatic heterocycles. The third kappa shape index (κ3) is 3.85. The molecule has 5 nitrogen and oxygen atoms in total. The fourth-order valence-electron chi connectivity index (χ4n) is 2.54. The molecular weight excluding hydrogens is 280 g/mol. The third-order valence-corrected chi connectivity index (χ3v) is 4.27. The van der Waals surface area contributed by atoms with Gasteiger partial charge in [-0.1, -0.05) is 19.1 Å². The van der Waals surface area contributed by atoms with Crippen LogP contribution in [0.5, 0.6) is 0 Å². The maximum absolute atomic E-state index is 12.7. The van der Waals surface area contributed by atoms with Crippen molar-refractivity contribution in [3.05, 3.63) is 29.3 Å². The number of ether oxygens (including phenoxy) is 1. The number of nitrogens with one attached hydrogen (secondary N) is 1. The van der Waals surface area contributed by atoms with Crippen LogP contribution in [0.3, 0.4) is 0 Å². The third-order valence-electron chi connectivity index (χ3n) is 4.27. The number of nitrogens with zero attached hydrogens (tertiary/aromatic N) is 1. The van der Waals surface area contributed by atoms with E-state index in [1.165, 1.54) is 7.11 Å². The summed E-state index contributed by atoms with van der Waals surface area (Å²) in [5.74, 6) is -0.523. The molecule has 5 heteroatoms. The number of para-hydroxylation sites is 1. The Labute approximate surface area is 132 Å². The summed E-state index contributed by atoms with van der Waals surface area (Å²) in [5.41, 5.74) is 1.76. The molecule has 0 saturated heterocycles. The van der Waals surface area contributed by atoms with Crippen LogP contribution in [0, 0.1) is 6.92 Å². The standard InChI is InChI=1S/C17H26N2O3/c1-7-14(19(4,5)8-2)16(20)18-15-12(3)10-9-11-13(15)17(21)22-6/h9-11,14H,7-8H2,1-6H3/p+1. The molecule has 0 heterocycles. The molecule has 122 valence electrons. The van der Waals surface area contributed by atoms with E-state index in [9.17, 15) is 9.59 Å². The number of aryl methyl sites for hydroxylation is 1. The lowest BCUT2D eigenvalue weighted by Crippen LogP contribution is -2.54. The van der Waals surface area contributed by atoms with Crippen molar-refractivity contribution < 1.29 is 18.8 Å². The molecule has 1 atom stereocenters. The smallest absolute Gasteiger partial charge is 0.339 e. The van der Waals surface area contributed by atoms with E-state index in [-0.39, 0.29) is 11.9 Å². The molecule has 1 N–H and O–H groups in total. The Balaban J connectivity index is 3.14. The highest BCUT2D eigenvalue weighted by Crippen LogP contribution is 2.23. The highest BCUT2D eigenvalue weighted by Gasteiger charge is 2.32. The van der Waals surface area contributed by atoms with E-state index in [2.05, 4.69) is 12.2 Å². The first kappa shape index (κ1) is 18.2. The monoisotopic (exact) mass is 307 g/mol. The highest BCUT2D eigenvalue weighted by molar-refractivity contribution is 6.03. The van der Waals surface area contributed by atoms with Crippen LogP contribution in [0.2, 0.25) is 0 Å². The minimum Gasteiger partial charge on any atom is -0.465 e. The van der Waals surface area contributed by atoms with Crippen molar-refractivity contribution in [2.24, 2.45) is 0 Å². The first-order chi connectivity index (χ1) is 10.3. The van der Waals surface area contributed by atoms with Gasteiger partial charge in [0.15, 0.2) is 6.04 Å². The molecule has 0 bridgehead atoms. The minimum absolute atomic E-state index is 0.0752. The lowest BCUT2D eigenvalue weighted by molar-refractivity contribution is -0.904. The SMILES string of the molecule is CCC(C(=O)Nc1c(C)cccc1C(=O)OC)[N+](C)(C)CC. The van der Waals surface area contributed by atoms with Gasteiger partial charge in [-0.2, -0.15) is 0 Å². The van der Waals surface area contributed by atoms with Gasteiger partial charge in [0.05, 0.1) is 39.0 Å². The van der Waals surface area contributed by atoms with Gasteiger partial charge in [-0.15, -0.1) is 0 Å². The average Bonchev–Trinajstić information content (AvgIpc) is 2.48. The molecule has 1 aromatic rings. The van der Waals surface area contributed by atoms with Crippen molar-refractivity contribution in [2.45, 2.75) is 33.2 Å². The molecule has 0 radical (unpaired) electrons. The Bertz CT molecular complexity index is 553. The first-order valence-corrected chi connectivity index (χ1v) is 7.59. The van der Waals surface area contributed by atoms with Gasteiger partial charge in [0.1, 0.15) is 0 Å². The number of likely N-dealkylation sites (N-methyl/N-ethyl adjacent to an activating group) is 1. The van der Waals surface area contributed by atoms with Crippen LogP contribution in [0.15, 0.2) is 18.2 Å². The second kappa shape index (κ2) is 7.40. The molecule has 0 fully saturated rings. The number of benzene rings is 1. The molecule has 1 amide bonds. The van der Waals surface area contributed by atoms with Gasteiger partial charge in [-0.05, 0) is 25.5 Å². The van der Waals surface area contributed by atoms with Crippen LogP contribution in [-0.2, 0) is 9.53 Å². The fourth-order valence-corrected chi connectivity index (χ4v) is 2.54. The van der Waals surface area contributed by atoms with Gasteiger partial charge in [-0.25, -0.2) is 4.79 Å². The largest absolute Gasteiger partial charge is 0.465 e. The summed E-state index contributed by atoms with van der Waals surface area (Å²) in [4.78, 5) is 24.6. The average molecular weight is 307 g/mol. The number of hydrogen-bond acceptors (Lipinski definition) is 3. The molecular formula is C17H27N2O3+. The quantitative estimate of drug-likeness (QED) is 0.649.